The smallest absolute Gasteiger partial charge is 0.156 e. The van der Waals surface area contributed by atoms with Crippen LogP contribution in [-0.2, 0) is 6.42 Å². The van der Waals surface area contributed by atoms with Crippen molar-refractivity contribution in [1.29, 1.82) is 0 Å². The molecule has 0 aromatic heterocycles. The van der Waals surface area contributed by atoms with E-state index in [1.54, 1.807) is 0 Å². The molecule has 2 nitrogen and oxygen atoms in total. The molecule has 1 aromatic rings. The molecule has 1 aromatic carbocycles. The summed E-state index contributed by atoms with van der Waals surface area (Å²) in [6.07, 6.45) is -0.599. The highest BCUT2D eigenvalue weighted by Crippen LogP contribution is 2.24. The Morgan fingerprint density at radius 1 is 1.15 bits per heavy atom. The average Bonchev–Trinajstić information content (AvgIpc) is 2.05. The highest BCUT2D eigenvalue weighted by molar-refractivity contribution is 5.16. The summed E-state index contributed by atoms with van der Waals surface area (Å²) in [6.45, 7) is 3.68. The van der Waals surface area contributed by atoms with Gasteiger partial charge in [-0.3, -0.25) is 0 Å². The van der Waals surface area contributed by atoms with Crippen molar-refractivity contribution in [1.82, 2.24) is 0 Å². The summed E-state index contributed by atoms with van der Waals surface area (Å²) in [5, 5.41) is 18.2. The van der Waals surface area contributed by atoms with E-state index in [0.717, 1.165) is 5.56 Å². The van der Waals surface area contributed by atoms with E-state index in [9.17, 15) is 0 Å². The third kappa shape index (κ3) is 2.83. The maximum Gasteiger partial charge on any atom is 0.156 e. The van der Waals surface area contributed by atoms with Gasteiger partial charge in [-0.15, -0.1) is 0 Å². The van der Waals surface area contributed by atoms with Gasteiger partial charge in [0.2, 0.25) is 0 Å². The van der Waals surface area contributed by atoms with Gasteiger partial charge in [-0.05, 0) is 12.0 Å². The Balaban J connectivity index is 2.69. The summed E-state index contributed by atoms with van der Waals surface area (Å²) in [6, 6.07) is 9.84. The number of hydrogen-bond acceptors (Lipinski definition) is 2. The van der Waals surface area contributed by atoms with Crippen LogP contribution in [0.4, 0.5) is 0 Å². The minimum atomic E-state index is -1.27. The Hall–Kier alpha value is -0.860. The first-order valence-corrected chi connectivity index (χ1v) is 4.42. The number of rotatable bonds is 3. The van der Waals surface area contributed by atoms with Crippen LogP contribution < -0.4 is 0 Å². The number of benzene rings is 1. The molecule has 0 radical (unpaired) electrons. The fraction of sp³-hybridized carbons (Fsp3) is 0.455. The molecule has 0 aliphatic carbocycles. The van der Waals surface area contributed by atoms with Crippen molar-refractivity contribution in [2.45, 2.75) is 26.6 Å². The summed E-state index contributed by atoms with van der Waals surface area (Å²) in [5.74, 6) is 0. The predicted octanol–water partition coefficient (Wildman–Crippen LogP) is 1.57. The molecule has 0 fully saturated rings. The van der Waals surface area contributed by atoms with Crippen LogP contribution in [0.1, 0.15) is 19.4 Å². The minimum Gasteiger partial charge on any atom is -0.368 e. The minimum absolute atomic E-state index is 0.485. The lowest BCUT2D eigenvalue weighted by Crippen LogP contribution is -2.30. The standard InChI is InChI=1S/C11H16O2/c1-11(2,10(12)13)8-9-6-4-3-5-7-9/h3-7,10,12-13H,8H2,1-2H3. The van der Waals surface area contributed by atoms with Gasteiger partial charge in [0.25, 0.3) is 0 Å². The highest BCUT2D eigenvalue weighted by Gasteiger charge is 2.25. The molecule has 72 valence electrons. The molecular formula is C11H16O2. The van der Waals surface area contributed by atoms with Gasteiger partial charge in [0, 0.05) is 5.41 Å². The third-order valence-electron chi connectivity index (χ3n) is 2.20. The normalized spacial score (nSPS) is 12.1. The largest absolute Gasteiger partial charge is 0.368 e. The zero-order valence-corrected chi connectivity index (χ0v) is 8.07. The summed E-state index contributed by atoms with van der Waals surface area (Å²) >= 11 is 0. The van der Waals surface area contributed by atoms with Crippen molar-refractivity contribution in [3.8, 4) is 0 Å². The van der Waals surface area contributed by atoms with Crippen molar-refractivity contribution in [2.24, 2.45) is 5.41 Å². The number of aliphatic hydroxyl groups is 2. The van der Waals surface area contributed by atoms with Gasteiger partial charge < -0.3 is 10.2 Å². The summed E-state index contributed by atoms with van der Waals surface area (Å²) < 4.78 is 0. The van der Waals surface area contributed by atoms with Crippen LogP contribution >= 0.6 is 0 Å². The lowest BCUT2D eigenvalue weighted by molar-refractivity contribution is -0.120. The molecule has 0 aliphatic rings. The molecule has 0 spiro atoms. The van der Waals surface area contributed by atoms with Crippen molar-refractivity contribution < 1.29 is 10.2 Å². The number of aliphatic hydroxyl groups excluding tert-OH is 1. The quantitative estimate of drug-likeness (QED) is 0.693. The SMILES string of the molecule is CC(C)(Cc1ccccc1)C(O)O. The van der Waals surface area contributed by atoms with Crippen LogP contribution in [0, 0.1) is 5.41 Å². The Kier molecular flexibility index (Phi) is 3.07. The van der Waals surface area contributed by atoms with E-state index in [0.29, 0.717) is 6.42 Å². The molecule has 0 saturated heterocycles. The molecule has 1 rings (SSSR count). The van der Waals surface area contributed by atoms with E-state index < -0.39 is 11.7 Å². The predicted molar refractivity (Wildman–Crippen MR) is 52.2 cm³/mol. The Morgan fingerprint density at radius 2 is 1.69 bits per heavy atom. The fourth-order valence-electron chi connectivity index (χ4n) is 1.21. The molecule has 0 saturated carbocycles. The van der Waals surface area contributed by atoms with E-state index in [4.69, 9.17) is 10.2 Å². The van der Waals surface area contributed by atoms with Crippen LogP contribution in [0.25, 0.3) is 0 Å². The maximum absolute atomic E-state index is 9.10. The van der Waals surface area contributed by atoms with Crippen LogP contribution in [0.15, 0.2) is 30.3 Å². The molecule has 0 amide bonds. The van der Waals surface area contributed by atoms with Crippen LogP contribution in [0.5, 0.6) is 0 Å². The summed E-state index contributed by atoms with van der Waals surface area (Å²) in [4.78, 5) is 0. The Labute approximate surface area is 78.8 Å². The molecule has 13 heavy (non-hydrogen) atoms. The average molecular weight is 180 g/mol. The molecule has 0 unspecified atom stereocenters. The third-order valence-corrected chi connectivity index (χ3v) is 2.20. The van der Waals surface area contributed by atoms with Crippen LogP contribution in [0.3, 0.4) is 0 Å². The molecule has 0 aliphatic heterocycles. The second-order valence-electron chi connectivity index (χ2n) is 4.02. The first-order chi connectivity index (χ1) is 6.02. The van der Waals surface area contributed by atoms with Gasteiger partial charge >= 0.3 is 0 Å². The van der Waals surface area contributed by atoms with E-state index >= 15 is 0 Å². The van der Waals surface area contributed by atoms with E-state index in [-0.39, 0.29) is 0 Å². The van der Waals surface area contributed by atoms with Gasteiger partial charge in [-0.2, -0.15) is 0 Å². The van der Waals surface area contributed by atoms with Crippen molar-refractivity contribution in [3.63, 3.8) is 0 Å². The lowest BCUT2D eigenvalue weighted by atomic mass is 9.85. The molecular weight excluding hydrogens is 164 g/mol. The van der Waals surface area contributed by atoms with Gasteiger partial charge in [0.1, 0.15) is 0 Å². The first kappa shape index (κ1) is 10.2. The van der Waals surface area contributed by atoms with Gasteiger partial charge in [-0.25, -0.2) is 0 Å². The van der Waals surface area contributed by atoms with Gasteiger partial charge in [-0.1, -0.05) is 44.2 Å². The lowest BCUT2D eigenvalue weighted by Gasteiger charge is -2.26. The van der Waals surface area contributed by atoms with E-state index in [2.05, 4.69) is 0 Å². The van der Waals surface area contributed by atoms with E-state index in [1.165, 1.54) is 0 Å². The van der Waals surface area contributed by atoms with Crippen molar-refractivity contribution >= 4 is 0 Å². The monoisotopic (exact) mass is 180 g/mol. The van der Waals surface area contributed by atoms with Gasteiger partial charge in [0.05, 0.1) is 0 Å². The number of hydrogen-bond donors (Lipinski definition) is 2. The van der Waals surface area contributed by atoms with Gasteiger partial charge in [0.15, 0.2) is 6.29 Å². The molecule has 2 heteroatoms. The second kappa shape index (κ2) is 3.90. The maximum atomic E-state index is 9.10. The topological polar surface area (TPSA) is 40.5 Å². The fourth-order valence-corrected chi connectivity index (χ4v) is 1.21. The van der Waals surface area contributed by atoms with Crippen molar-refractivity contribution in [2.75, 3.05) is 0 Å². The van der Waals surface area contributed by atoms with Crippen LogP contribution in [0.2, 0.25) is 0 Å². The van der Waals surface area contributed by atoms with E-state index in [1.807, 2.05) is 44.2 Å². The zero-order valence-electron chi connectivity index (χ0n) is 8.07. The van der Waals surface area contributed by atoms with Crippen molar-refractivity contribution in [3.05, 3.63) is 35.9 Å². The highest BCUT2D eigenvalue weighted by atomic mass is 16.5. The zero-order chi connectivity index (χ0) is 9.90. The van der Waals surface area contributed by atoms with Crippen LogP contribution in [-0.4, -0.2) is 16.5 Å². The molecule has 0 heterocycles. The first-order valence-electron chi connectivity index (χ1n) is 4.42. The summed E-state index contributed by atoms with van der Waals surface area (Å²) in [7, 11) is 0. The Morgan fingerprint density at radius 3 is 2.15 bits per heavy atom. The molecule has 0 atom stereocenters. The second-order valence-corrected chi connectivity index (χ2v) is 4.02. The summed E-state index contributed by atoms with van der Waals surface area (Å²) in [5.41, 5.74) is 0.641. The Bertz CT molecular complexity index is 252. The molecule has 0 bridgehead atoms. The molecule has 2 N–H and O–H groups in total.